The normalized spacial score (nSPS) is 13.9. The van der Waals surface area contributed by atoms with Crippen molar-refractivity contribution >= 4 is 11.6 Å². The average molecular weight is 280 g/mol. The second-order valence-electron chi connectivity index (χ2n) is 5.60. The van der Waals surface area contributed by atoms with E-state index in [-0.39, 0.29) is 5.91 Å². The van der Waals surface area contributed by atoms with Crippen molar-refractivity contribution < 1.29 is 4.79 Å². The average Bonchev–Trinajstić information content (AvgIpc) is 2.53. The van der Waals surface area contributed by atoms with Gasteiger partial charge in [-0.2, -0.15) is 0 Å². The van der Waals surface area contributed by atoms with Crippen LogP contribution >= 0.6 is 0 Å². The highest BCUT2D eigenvalue weighted by atomic mass is 16.2. The molecule has 2 N–H and O–H groups in total. The predicted octanol–water partition coefficient (Wildman–Crippen LogP) is 3.05. The highest BCUT2D eigenvalue weighted by Gasteiger charge is 2.23. The molecule has 0 unspecified atom stereocenters. The van der Waals surface area contributed by atoms with E-state index in [4.69, 9.17) is 5.73 Å². The number of anilines is 1. The van der Waals surface area contributed by atoms with Gasteiger partial charge >= 0.3 is 0 Å². The lowest BCUT2D eigenvalue weighted by Crippen LogP contribution is -2.35. The fourth-order valence-corrected chi connectivity index (χ4v) is 2.92. The van der Waals surface area contributed by atoms with Gasteiger partial charge in [0, 0.05) is 24.3 Å². The van der Waals surface area contributed by atoms with Crippen LogP contribution in [0.2, 0.25) is 0 Å². The van der Waals surface area contributed by atoms with Crippen molar-refractivity contribution in [3.63, 3.8) is 0 Å². The van der Waals surface area contributed by atoms with Gasteiger partial charge in [-0.3, -0.25) is 4.79 Å². The summed E-state index contributed by atoms with van der Waals surface area (Å²) >= 11 is 0. The standard InChI is InChI=1S/C18H20N2O/c1-13-7-8-17-15(10-13)6-3-9-20(17)18(21)16-5-2-4-14(11-16)12-19/h2,4-5,7-8,10-11H,3,6,9,12,19H2,1H3. The Morgan fingerprint density at radius 3 is 2.90 bits per heavy atom. The summed E-state index contributed by atoms with van der Waals surface area (Å²) in [6, 6.07) is 13.9. The lowest BCUT2D eigenvalue weighted by Gasteiger charge is -2.30. The van der Waals surface area contributed by atoms with Crippen LogP contribution < -0.4 is 10.6 Å². The molecule has 0 aromatic heterocycles. The molecule has 0 fully saturated rings. The van der Waals surface area contributed by atoms with Crippen LogP contribution in [0.5, 0.6) is 0 Å². The summed E-state index contributed by atoms with van der Waals surface area (Å²) in [6.45, 7) is 3.32. The third-order valence-electron chi connectivity index (χ3n) is 4.01. The van der Waals surface area contributed by atoms with Crippen LogP contribution in [-0.4, -0.2) is 12.5 Å². The Morgan fingerprint density at radius 1 is 1.24 bits per heavy atom. The highest BCUT2D eigenvalue weighted by Crippen LogP contribution is 2.29. The van der Waals surface area contributed by atoms with Gasteiger partial charge in [-0.05, 0) is 49.1 Å². The molecule has 2 aromatic carbocycles. The smallest absolute Gasteiger partial charge is 0.258 e. The summed E-state index contributed by atoms with van der Waals surface area (Å²) in [6.07, 6.45) is 2.06. The van der Waals surface area contributed by atoms with E-state index in [1.807, 2.05) is 29.2 Å². The molecule has 2 aromatic rings. The molecule has 1 aliphatic heterocycles. The van der Waals surface area contributed by atoms with Gasteiger partial charge in [0.25, 0.3) is 5.91 Å². The Bertz CT molecular complexity index is 679. The summed E-state index contributed by atoms with van der Waals surface area (Å²) < 4.78 is 0. The molecule has 0 aliphatic carbocycles. The maximum Gasteiger partial charge on any atom is 0.258 e. The van der Waals surface area contributed by atoms with Gasteiger partial charge in [-0.25, -0.2) is 0 Å². The number of carbonyl (C=O) groups is 1. The van der Waals surface area contributed by atoms with Crippen LogP contribution in [0.3, 0.4) is 0 Å². The van der Waals surface area contributed by atoms with E-state index in [0.29, 0.717) is 12.1 Å². The molecule has 21 heavy (non-hydrogen) atoms. The maximum atomic E-state index is 12.8. The van der Waals surface area contributed by atoms with E-state index in [9.17, 15) is 4.79 Å². The Balaban J connectivity index is 1.96. The number of hydrogen-bond acceptors (Lipinski definition) is 2. The predicted molar refractivity (Wildman–Crippen MR) is 85.5 cm³/mol. The number of aryl methyl sites for hydroxylation is 2. The quantitative estimate of drug-likeness (QED) is 0.919. The van der Waals surface area contributed by atoms with E-state index in [1.54, 1.807) is 0 Å². The molecule has 3 heteroatoms. The third kappa shape index (κ3) is 2.69. The highest BCUT2D eigenvalue weighted by molar-refractivity contribution is 6.06. The molecule has 1 amide bonds. The molecule has 1 heterocycles. The SMILES string of the molecule is Cc1ccc2c(c1)CCCN2C(=O)c1cccc(CN)c1. The molecule has 0 saturated carbocycles. The second kappa shape index (κ2) is 5.70. The minimum atomic E-state index is 0.0649. The van der Waals surface area contributed by atoms with Crippen LogP contribution in [0.15, 0.2) is 42.5 Å². The van der Waals surface area contributed by atoms with Gasteiger partial charge in [0.2, 0.25) is 0 Å². The van der Waals surface area contributed by atoms with E-state index in [0.717, 1.165) is 30.6 Å². The van der Waals surface area contributed by atoms with Crippen molar-refractivity contribution in [3.8, 4) is 0 Å². The molecule has 3 rings (SSSR count). The first-order valence-electron chi connectivity index (χ1n) is 7.39. The second-order valence-corrected chi connectivity index (χ2v) is 5.60. The fraction of sp³-hybridized carbons (Fsp3) is 0.278. The van der Waals surface area contributed by atoms with Crippen LogP contribution in [0.4, 0.5) is 5.69 Å². The van der Waals surface area contributed by atoms with E-state index in [2.05, 4.69) is 25.1 Å². The lowest BCUT2D eigenvalue weighted by atomic mass is 9.98. The zero-order valence-corrected chi connectivity index (χ0v) is 12.3. The van der Waals surface area contributed by atoms with Crippen molar-refractivity contribution in [2.75, 3.05) is 11.4 Å². The van der Waals surface area contributed by atoms with Gasteiger partial charge in [-0.15, -0.1) is 0 Å². The summed E-state index contributed by atoms with van der Waals surface area (Å²) in [5.74, 6) is 0.0649. The van der Waals surface area contributed by atoms with Crippen molar-refractivity contribution in [3.05, 3.63) is 64.7 Å². The number of rotatable bonds is 2. The van der Waals surface area contributed by atoms with Crippen molar-refractivity contribution in [2.45, 2.75) is 26.3 Å². The van der Waals surface area contributed by atoms with Gasteiger partial charge in [0.05, 0.1) is 0 Å². The third-order valence-corrected chi connectivity index (χ3v) is 4.01. The summed E-state index contributed by atoms with van der Waals surface area (Å²) in [7, 11) is 0. The molecule has 0 radical (unpaired) electrons. The van der Waals surface area contributed by atoms with Crippen molar-refractivity contribution in [2.24, 2.45) is 5.73 Å². The van der Waals surface area contributed by atoms with Crippen LogP contribution in [0, 0.1) is 6.92 Å². The van der Waals surface area contributed by atoms with Gasteiger partial charge in [0.15, 0.2) is 0 Å². The Labute approximate surface area is 125 Å². The van der Waals surface area contributed by atoms with E-state index >= 15 is 0 Å². The van der Waals surface area contributed by atoms with E-state index in [1.165, 1.54) is 11.1 Å². The van der Waals surface area contributed by atoms with Gasteiger partial charge in [0.1, 0.15) is 0 Å². The molecular weight excluding hydrogens is 260 g/mol. The van der Waals surface area contributed by atoms with Crippen LogP contribution in [0.25, 0.3) is 0 Å². The number of nitrogens with two attached hydrogens (primary N) is 1. The molecule has 108 valence electrons. The minimum Gasteiger partial charge on any atom is -0.326 e. The van der Waals surface area contributed by atoms with Crippen LogP contribution in [-0.2, 0) is 13.0 Å². The molecule has 0 spiro atoms. The zero-order valence-electron chi connectivity index (χ0n) is 12.3. The summed E-state index contributed by atoms with van der Waals surface area (Å²) in [4.78, 5) is 14.7. The molecule has 0 bridgehead atoms. The Morgan fingerprint density at radius 2 is 2.10 bits per heavy atom. The first-order chi connectivity index (χ1) is 10.2. The van der Waals surface area contributed by atoms with Gasteiger partial charge < -0.3 is 10.6 Å². The van der Waals surface area contributed by atoms with Gasteiger partial charge in [-0.1, -0.05) is 29.8 Å². The lowest BCUT2D eigenvalue weighted by molar-refractivity contribution is 0.0985. The number of nitrogens with zero attached hydrogens (tertiary/aromatic N) is 1. The van der Waals surface area contributed by atoms with Crippen molar-refractivity contribution in [1.29, 1.82) is 0 Å². The minimum absolute atomic E-state index is 0.0649. The number of amides is 1. The topological polar surface area (TPSA) is 46.3 Å². The molecule has 3 nitrogen and oxygen atoms in total. The molecule has 0 saturated heterocycles. The largest absolute Gasteiger partial charge is 0.326 e. The zero-order chi connectivity index (χ0) is 14.8. The maximum absolute atomic E-state index is 12.8. The molecule has 1 aliphatic rings. The van der Waals surface area contributed by atoms with Crippen LogP contribution in [0.1, 0.15) is 33.5 Å². The number of carbonyl (C=O) groups excluding carboxylic acids is 1. The summed E-state index contributed by atoms with van der Waals surface area (Å²) in [5, 5.41) is 0. The summed E-state index contributed by atoms with van der Waals surface area (Å²) in [5.41, 5.74) is 10.9. The first-order valence-corrected chi connectivity index (χ1v) is 7.39. The fourth-order valence-electron chi connectivity index (χ4n) is 2.92. The Kier molecular flexibility index (Phi) is 3.76. The number of fused-ring (bicyclic) bond motifs is 1. The Hall–Kier alpha value is -2.13. The molecular formula is C18H20N2O. The van der Waals surface area contributed by atoms with E-state index < -0.39 is 0 Å². The number of benzene rings is 2. The monoisotopic (exact) mass is 280 g/mol. The number of hydrogen-bond donors (Lipinski definition) is 1. The molecule has 0 atom stereocenters. The first kappa shape index (κ1) is 13.8. The van der Waals surface area contributed by atoms with Crippen molar-refractivity contribution in [1.82, 2.24) is 0 Å².